The van der Waals surface area contributed by atoms with E-state index in [-0.39, 0.29) is 13.2 Å². The van der Waals surface area contributed by atoms with Crippen LogP contribution in [0.4, 0.5) is 0 Å². The first-order valence-corrected chi connectivity index (χ1v) is 10.1. The fourth-order valence-corrected chi connectivity index (χ4v) is 1.88. The third-order valence-corrected chi connectivity index (χ3v) is 3.40. The van der Waals surface area contributed by atoms with E-state index in [0.717, 1.165) is 64.2 Å². The van der Waals surface area contributed by atoms with Gasteiger partial charge in [-0.25, -0.2) is 39.1 Å². The molecule has 2 N–H and O–H groups in total. The Bertz CT molecular complexity index is 441. The van der Waals surface area contributed by atoms with Gasteiger partial charge in [0.25, 0.3) is 0 Å². The summed E-state index contributed by atoms with van der Waals surface area (Å²) in [5.74, 6) is 0. The number of aliphatic imine (C=N–C) groups is 4. The number of hydrogen-bond acceptors (Lipinski definition) is 10. The summed E-state index contributed by atoms with van der Waals surface area (Å²) in [5, 5.41) is 16.2. The molecule has 0 spiro atoms. The normalized spacial score (nSPS) is 8.47. The van der Waals surface area contributed by atoms with Crippen LogP contribution in [0.15, 0.2) is 20.0 Å². The topological polar surface area (TPSA) is 158 Å². The molecule has 0 rings (SSSR count). The Morgan fingerprint density at radius 3 is 0.800 bits per heavy atom. The molecule has 0 saturated heterocycles. The Morgan fingerprint density at radius 2 is 0.633 bits per heavy atom. The minimum Gasteiger partial charge on any atom is -0.396 e. The molecule has 170 valence electrons. The van der Waals surface area contributed by atoms with Crippen molar-refractivity contribution in [3.8, 4) is 0 Å². The molecule has 0 aromatic carbocycles. The Morgan fingerprint density at radius 1 is 0.400 bits per heavy atom. The van der Waals surface area contributed by atoms with E-state index in [1.54, 1.807) is 0 Å². The van der Waals surface area contributed by atoms with E-state index in [9.17, 15) is 19.2 Å². The van der Waals surface area contributed by atoms with Crippen LogP contribution in [0.2, 0.25) is 0 Å². The number of aliphatic hydroxyl groups excluding tert-OH is 2. The van der Waals surface area contributed by atoms with Gasteiger partial charge in [0, 0.05) is 13.2 Å². The van der Waals surface area contributed by atoms with Crippen molar-refractivity contribution >= 4 is 24.3 Å². The number of rotatable bonds is 17. The predicted molar refractivity (Wildman–Crippen MR) is 112 cm³/mol. The van der Waals surface area contributed by atoms with E-state index in [4.69, 9.17) is 10.2 Å². The van der Waals surface area contributed by atoms with Crippen LogP contribution in [0.3, 0.4) is 0 Å². The van der Waals surface area contributed by atoms with Gasteiger partial charge in [0.2, 0.25) is 24.3 Å². The molecule has 0 aromatic heterocycles. The Labute approximate surface area is 178 Å². The monoisotopic (exact) mass is 426 g/mol. The fraction of sp³-hybridized carbons (Fsp3) is 0.800. The number of aliphatic hydroxyl groups is 2. The summed E-state index contributed by atoms with van der Waals surface area (Å²) in [6.45, 7) is 2.61. The minimum absolute atomic E-state index is 0.195. The van der Waals surface area contributed by atoms with Gasteiger partial charge in [-0.05, 0) is 38.5 Å². The molecule has 0 bridgehead atoms. The van der Waals surface area contributed by atoms with Crippen molar-refractivity contribution in [1.82, 2.24) is 0 Å². The van der Waals surface area contributed by atoms with E-state index < -0.39 is 0 Å². The lowest BCUT2D eigenvalue weighted by Gasteiger charge is -1.93. The van der Waals surface area contributed by atoms with Gasteiger partial charge in [-0.3, -0.25) is 0 Å². The molecule has 0 aromatic rings. The van der Waals surface area contributed by atoms with Crippen molar-refractivity contribution in [1.29, 1.82) is 0 Å². The molecule has 0 amide bonds. The van der Waals surface area contributed by atoms with E-state index >= 15 is 0 Å². The number of isocyanates is 4. The lowest BCUT2D eigenvalue weighted by Crippen LogP contribution is -1.85. The van der Waals surface area contributed by atoms with Crippen molar-refractivity contribution in [2.24, 2.45) is 20.0 Å². The number of unbranched alkanes of at least 4 members (excludes halogenated alkanes) is 7. The third kappa shape index (κ3) is 44.7. The van der Waals surface area contributed by atoms with Gasteiger partial charge >= 0.3 is 0 Å². The fourth-order valence-electron chi connectivity index (χ4n) is 1.88. The Hall–Kier alpha value is -2.56. The quantitative estimate of drug-likeness (QED) is 0.206. The predicted octanol–water partition coefficient (Wildman–Crippen LogP) is 2.19. The maximum Gasteiger partial charge on any atom is 0.234 e. The Balaban J connectivity index is -0.000000386. The van der Waals surface area contributed by atoms with Crippen molar-refractivity contribution < 1.29 is 29.4 Å². The van der Waals surface area contributed by atoms with Gasteiger partial charge in [-0.1, -0.05) is 25.7 Å². The average Bonchev–Trinajstić information content (AvgIpc) is 2.77. The van der Waals surface area contributed by atoms with Gasteiger partial charge in [0.15, 0.2) is 0 Å². The molecule has 30 heavy (non-hydrogen) atoms. The lowest BCUT2D eigenvalue weighted by atomic mass is 10.2. The molecule has 0 unspecified atom stereocenters. The highest BCUT2D eigenvalue weighted by Gasteiger charge is 1.88. The molecule has 0 heterocycles. The average molecular weight is 427 g/mol. The Kier molecular flexibility index (Phi) is 39.9. The zero-order valence-electron chi connectivity index (χ0n) is 17.6. The number of nitrogens with zero attached hydrogens (tertiary/aromatic N) is 4. The molecule has 0 aliphatic heterocycles. The molecule has 0 radical (unpaired) electrons. The second kappa shape index (κ2) is 37.2. The first-order chi connectivity index (χ1) is 14.7. The van der Waals surface area contributed by atoms with E-state index in [2.05, 4.69) is 20.0 Å². The molecular formula is C20H34N4O6. The molecule has 0 aliphatic rings. The molecule has 0 saturated carbocycles. The first kappa shape index (κ1) is 32.1. The third-order valence-electron chi connectivity index (χ3n) is 3.40. The van der Waals surface area contributed by atoms with E-state index in [1.807, 2.05) is 0 Å². The van der Waals surface area contributed by atoms with Crippen molar-refractivity contribution in [3.63, 3.8) is 0 Å². The van der Waals surface area contributed by atoms with Crippen LogP contribution in [0.25, 0.3) is 0 Å². The SMILES string of the molecule is O=C=NCCCCCCN=C=O.O=C=NCCCCCCN=C=O.OCCCCO. The van der Waals surface area contributed by atoms with E-state index in [0.29, 0.717) is 26.2 Å². The molecular weight excluding hydrogens is 392 g/mol. The summed E-state index contributed by atoms with van der Waals surface area (Å²) < 4.78 is 0. The van der Waals surface area contributed by atoms with E-state index in [1.165, 1.54) is 24.3 Å². The van der Waals surface area contributed by atoms with Crippen LogP contribution in [-0.2, 0) is 19.2 Å². The van der Waals surface area contributed by atoms with Crippen LogP contribution < -0.4 is 0 Å². The summed E-state index contributed by atoms with van der Waals surface area (Å²) in [6.07, 6.45) is 15.0. The largest absolute Gasteiger partial charge is 0.396 e. The highest BCUT2D eigenvalue weighted by atomic mass is 16.3. The maximum absolute atomic E-state index is 9.63. The molecule has 10 heteroatoms. The summed E-state index contributed by atoms with van der Waals surface area (Å²) in [5.41, 5.74) is 0. The van der Waals surface area contributed by atoms with Gasteiger partial charge < -0.3 is 10.2 Å². The summed E-state index contributed by atoms with van der Waals surface area (Å²) >= 11 is 0. The number of hydrogen-bond donors (Lipinski definition) is 2. The van der Waals surface area contributed by atoms with Gasteiger partial charge in [-0.15, -0.1) is 0 Å². The van der Waals surface area contributed by atoms with Crippen LogP contribution in [-0.4, -0.2) is 73.9 Å². The number of carbonyl (C=O) groups excluding carboxylic acids is 4. The second-order valence-corrected chi connectivity index (χ2v) is 5.87. The highest BCUT2D eigenvalue weighted by Crippen LogP contribution is 2.00. The van der Waals surface area contributed by atoms with Crippen LogP contribution >= 0.6 is 0 Å². The summed E-state index contributed by atoms with van der Waals surface area (Å²) in [7, 11) is 0. The maximum atomic E-state index is 9.63. The van der Waals surface area contributed by atoms with Crippen molar-refractivity contribution in [2.45, 2.75) is 64.2 Å². The smallest absolute Gasteiger partial charge is 0.234 e. The van der Waals surface area contributed by atoms with Crippen LogP contribution in [0, 0.1) is 0 Å². The summed E-state index contributed by atoms with van der Waals surface area (Å²) in [6, 6.07) is 0. The highest BCUT2D eigenvalue weighted by molar-refractivity contribution is 5.33. The molecule has 0 aliphatic carbocycles. The summed E-state index contributed by atoms with van der Waals surface area (Å²) in [4.78, 5) is 52.2. The van der Waals surface area contributed by atoms with Crippen molar-refractivity contribution in [3.05, 3.63) is 0 Å². The minimum atomic E-state index is 0.195. The molecule has 0 atom stereocenters. The standard InChI is InChI=1S/2C8H12N2O2.C4H10O2/c2*11-7-9-5-3-1-2-4-6-10-8-12;5-3-1-2-4-6/h2*1-6H2;5-6H,1-4H2. The van der Waals surface area contributed by atoms with Gasteiger partial charge in [0.05, 0.1) is 26.2 Å². The first-order valence-electron chi connectivity index (χ1n) is 10.1. The second-order valence-electron chi connectivity index (χ2n) is 5.87. The lowest BCUT2D eigenvalue weighted by molar-refractivity contribution is 0.242. The molecule has 0 fully saturated rings. The van der Waals surface area contributed by atoms with Crippen molar-refractivity contribution in [2.75, 3.05) is 39.4 Å². The molecule has 10 nitrogen and oxygen atoms in total. The zero-order valence-corrected chi connectivity index (χ0v) is 17.6. The van der Waals surface area contributed by atoms with Crippen LogP contribution in [0.1, 0.15) is 64.2 Å². The van der Waals surface area contributed by atoms with Gasteiger partial charge in [-0.2, -0.15) is 0 Å². The zero-order chi connectivity index (χ0) is 23.0. The van der Waals surface area contributed by atoms with Crippen LogP contribution in [0.5, 0.6) is 0 Å². The van der Waals surface area contributed by atoms with Gasteiger partial charge in [0.1, 0.15) is 0 Å².